The smallest absolute Gasteiger partial charge is 0.233 e. The third-order valence-electron chi connectivity index (χ3n) is 2.26. The van der Waals surface area contributed by atoms with Gasteiger partial charge in [0.1, 0.15) is 0 Å². The molecule has 2 N–H and O–H groups in total. The Bertz CT molecular complexity index is 332. The number of nitrogens with zero attached hydrogens (tertiary/aromatic N) is 2. The maximum Gasteiger partial charge on any atom is 0.233 e. The van der Waals surface area contributed by atoms with Gasteiger partial charge in [0.2, 0.25) is 5.91 Å². The summed E-state index contributed by atoms with van der Waals surface area (Å²) in [7, 11) is 3.54. The first-order valence-electron chi connectivity index (χ1n) is 5.10. The quantitative estimate of drug-likeness (QED) is 0.708. The Morgan fingerprint density at radius 2 is 2.33 bits per heavy atom. The predicted molar refractivity (Wildman–Crippen MR) is 58.4 cm³/mol. The van der Waals surface area contributed by atoms with E-state index in [0.29, 0.717) is 13.1 Å². The van der Waals surface area contributed by atoms with Crippen LogP contribution < -0.4 is 10.6 Å². The summed E-state index contributed by atoms with van der Waals surface area (Å²) in [6.45, 7) is 3.07. The lowest BCUT2D eigenvalue weighted by Crippen LogP contribution is -2.31. The van der Waals surface area contributed by atoms with Gasteiger partial charge in [-0.05, 0) is 12.5 Å². The van der Waals surface area contributed by atoms with Gasteiger partial charge in [0.15, 0.2) is 0 Å². The highest BCUT2D eigenvalue weighted by atomic mass is 16.1. The normalized spacial score (nSPS) is 10.3. The number of amides is 1. The second-order valence-electron chi connectivity index (χ2n) is 3.38. The van der Waals surface area contributed by atoms with Crippen LogP contribution in [0.25, 0.3) is 0 Å². The number of hydrogen-bond acceptors (Lipinski definition) is 3. The van der Waals surface area contributed by atoms with E-state index in [2.05, 4.69) is 28.7 Å². The first-order valence-corrected chi connectivity index (χ1v) is 5.10. The molecule has 1 aromatic rings. The van der Waals surface area contributed by atoms with Crippen molar-refractivity contribution in [3.05, 3.63) is 17.5 Å². The minimum Gasteiger partial charge on any atom is -0.358 e. The van der Waals surface area contributed by atoms with E-state index in [1.165, 1.54) is 0 Å². The molecule has 1 rings (SSSR count). The van der Waals surface area contributed by atoms with Gasteiger partial charge < -0.3 is 10.6 Å². The Kier molecular flexibility index (Phi) is 4.30. The molecule has 0 radical (unpaired) electrons. The van der Waals surface area contributed by atoms with E-state index in [4.69, 9.17) is 0 Å². The van der Waals surface area contributed by atoms with E-state index in [1.807, 2.05) is 11.7 Å². The molecule has 0 saturated carbocycles. The number of carbonyl (C=O) groups is 1. The molecule has 5 nitrogen and oxygen atoms in total. The van der Waals surface area contributed by atoms with E-state index in [0.717, 1.165) is 17.8 Å². The van der Waals surface area contributed by atoms with Gasteiger partial charge in [-0.25, -0.2) is 0 Å². The van der Waals surface area contributed by atoms with Crippen molar-refractivity contribution >= 4 is 5.91 Å². The highest BCUT2D eigenvalue weighted by Gasteiger charge is 2.03. The summed E-state index contributed by atoms with van der Waals surface area (Å²) < 4.78 is 1.84. The molecule has 0 aliphatic carbocycles. The first-order chi connectivity index (χ1) is 7.17. The fraction of sp³-hybridized carbons (Fsp3) is 0.600. The molecule has 0 spiro atoms. The van der Waals surface area contributed by atoms with Gasteiger partial charge in [0, 0.05) is 20.6 Å². The van der Waals surface area contributed by atoms with E-state index >= 15 is 0 Å². The lowest BCUT2D eigenvalue weighted by molar-refractivity contribution is -0.119. The zero-order chi connectivity index (χ0) is 11.3. The van der Waals surface area contributed by atoms with Crippen molar-refractivity contribution in [3.63, 3.8) is 0 Å². The van der Waals surface area contributed by atoms with Crippen LogP contribution in [0, 0.1) is 0 Å². The first kappa shape index (κ1) is 11.7. The van der Waals surface area contributed by atoms with Crippen LogP contribution in [0.2, 0.25) is 0 Å². The number of rotatable bonds is 5. The van der Waals surface area contributed by atoms with Gasteiger partial charge in [-0.3, -0.25) is 9.48 Å². The Morgan fingerprint density at radius 1 is 1.60 bits per heavy atom. The average Bonchev–Trinajstić information content (AvgIpc) is 2.59. The largest absolute Gasteiger partial charge is 0.358 e. The molecule has 0 bridgehead atoms. The summed E-state index contributed by atoms with van der Waals surface area (Å²) in [5, 5.41) is 9.94. The molecular weight excluding hydrogens is 192 g/mol. The van der Waals surface area contributed by atoms with Gasteiger partial charge in [-0.15, -0.1) is 0 Å². The molecule has 15 heavy (non-hydrogen) atoms. The summed E-state index contributed by atoms with van der Waals surface area (Å²) in [4.78, 5) is 11.0. The topological polar surface area (TPSA) is 59.0 Å². The molecule has 0 unspecified atom stereocenters. The van der Waals surface area contributed by atoms with Crippen molar-refractivity contribution in [2.45, 2.75) is 19.9 Å². The van der Waals surface area contributed by atoms with E-state index < -0.39 is 0 Å². The highest BCUT2D eigenvalue weighted by molar-refractivity contribution is 5.77. The molecule has 1 amide bonds. The summed E-state index contributed by atoms with van der Waals surface area (Å²) >= 11 is 0. The number of hydrogen-bond donors (Lipinski definition) is 2. The Morgan fingerprint density at radius 3 is 2.87 bits per heavy atom. The van der Waals surface area contributed by atoms with Crippen LogP contribution in [0.5, 0.6) is 0 Å². The van der Waals surface area contributed by atoms with Gasteiger partial charge in [0.05, 0.1) is 17.9 Å². The zero-order valence-corrected chi connectivity index (χ0v) is 9.50. The summed E-state index contributed by atoms with van der Waals surface area (Å²) in [5.74, 6) is -0.00659. The minimum absolute atomic E-state index is 0.00659. The third kappa shape index (κ3) is 3.36. The minimum atomic E-state index is -0.00659. The van der Waals surface area contributed by atoms with Crippen LogP contribution in [0.4, 0.5) is 0 Å². The molecule has 1 heterocycles. The lowest BCUT2D eigenvalue weighted by Gasteiger charge is -2.03. The Balaban J connectivity index is 2.43. The SMILES string of the molecule is CCc1cc(CNCC(=O)NC)n(C)n1. The lowest BCUT2D eigenvalue weighted by atomic mass is 10.3. The number of aryl methyl sites for hydroxylation is 2. The van der Waals surface area contributed by atoms with Crippen LogP contribution in [0.15, 0.2) is 6.07 Å². The molecule has 0 atom stereocenters. The molecule has 5 heteroatoms. The summed E-state index contributed by atoms with van der Waals surface area (Å²) in [6.07, 6.45) is 0.934. The monoisotopic (exact) mass is 210 g/mol. The molecule has 1 aromatic heterocycles. The van der Waals surface area contributed by atoms with Crippen LogP contribution in [-0.4, -0.2) is 29.3 Å². The van der Waals surface area contributed by atoms with E-state index in [-0.39, 0.29) is 5.91 Å². The summed E-state index contributed by atoms with van der Waals surface area (Å²) in [5.41, 5.74) is 2.17. The zero-order valence-electron chi connectivity index (χ0n) is 9.50. The second kappa shape index (κ2) is 5.50. The van der Waals surface area contributed by atoms with Crippen molar-refractivity contribution in [1.29, 1.82) is 0 Å². The molecule has 0 aromatic carbocycles. The van der Waals surface area contributed by atoms with Gasteiger partial charge in [-0.1, -0.05) is 6.92 Å². The molecule has 0 fully saturated rings. The second-order valence-corrected chi connectivity index (χ2v) is 3.38. The molecule has 84 valence electrons. The van der Waals surface area contributed by atoms with Crippen molar-refractivity contribution < 1.29 is 4.79 Å². The maximum absolute atomic E-state index is 11.0. The fourth-order valence-corrected chi connectivity index (χ4v) is 1.30. The van der Waals surface area contributed by atoms with Gasteiger partial charge >= 0.3 is 0 Å². The number of aromatic nitrogens is 2. The van der Waals surface area contributed by atoms with Crippen molar-refractivity contribution in [2.75, 3.05) is 13.6 Å². The van der Waals surface area contributed by atoms with Crippen molar-refractivity contribution in [1.82, 2.24) is 20.4 Å². The molecule has 0 saturated heterocycles. The Labute approximate surface area is 89.9 Å². The maximum atomic E-state index is 11.0. The molecular formula is C10H18N4O. The van der Waals surface area contributed by atoms with Crippen molar-refractivity contribution in [3.8, 4) is 0 Å². The number of nitrogens with one attached hydrogen (secondary N) is 2. The van der Waals surface area contributed by atoms with Crippen LogP contribution >= 0.6 is 0 Å². The Hall–Kier alpha value is -1.36. The predicted octanol–water partition coefficient (Wildman–Crippen LogP) is -0.182. The average molecular weight is 210 g/mol. The van der Waals surface area contributed by atoms with Crippen LogP contribution in [0.3, 0.4) is 0 Å². The van der Waals surface area contributed by atoms with Crippen LogP contribution in [-0.2, 0) is 24.8 Å². The molecule has 0 aliphatic rings. The number of carbonyl (C=O) groups excluding carboxylic acids is 1. The fourth-order valence-electron chi connectivity index (χ4n) is 1.30. The highest BCUT2D eigenvalue weighted by Crippen LogP contribution is 2.02. The van der Waals surface area contributed by atoms with Crippen LogP contribution in [0.1, 0.15) is 18.3 Å². The molecule has 0 aliphatic heterocycles. The third-order valence-corrected chi connectivity index (χ3v) is 2.26. The van der Waals surface area contributed by atoms with Crippen molar-refractivity contribution in [2.24, 2.45) is 7.05 Å². The van der Waals surface area contributed by atoms with Gasteiger partial charge in [0.25, 0.3) is 0 Å². The summed E-state index contributed by atoms with van der Waals surface area (Å²) in [6, 6.07) is 2.05. The standard InChI is InChI=1S/C10H18N4O/c1-4-8-5-9(14(3)13-8)6-12-7-10(15)11-2/h5,12H,4,6-7H2,1-3H3,(H,11,15). The van der Waals surface area contributed by atoms with E-state index in [9.17, 15) is 4.79 Å². The van der Waals surface area contributed by atoms with E-state index in [1.54, 1.807) is 7.05 Å². The number of likely N-dealkylation sites (N-methyl/N-ethyl adjacent to an activating group) is 1. The van der Waals surface area contributed by atoms with Gasteiger partial charge in [-0.2, -0.15) is 5.10 Å².